The third kappa shape index (κ3) is 5.33. The Hall–Kier alpha value is -2.05. The molecule has 7 heteroatoms. The monoisotopic (exact) mass is 264 g/mol. The van der Waals surface area contributed by atoms with Gasteiger partial charge in [-0.05, 0) is 37.1 Å². The summed E-state index contributed by atoms with van der Waals surface area (Å²) in [5.74, 6) is -3.62. The summed E-state index contributed by atoms with van der Waals surface area (Å²) in [7, 11) is 0. The van der Waals surface area contributed by atoms with Gasteiger partial charge in [0, 0.05) is 0 Å². The molecule has 100 valence electrons. The molecule has 1 rings (SSSR count). The first-order valence-corrected chi connectivity index (χ1v) is 4.66. The molecular weight excluding hydrogens is 253 g/mol. The number of aryl methyl sites for hydroxylation is 2. The van der Waals surface area contributed by atoms with Gasteiger partial charge in [-0.1, -0.05) is 6.07 Å². The highest BCUT2D eigenvalue weighted by molar-refractivity contribution is 5.87. The molecule has 4 nitrogen and oxygen atoms in total. The SMILES string of the molecule is Cc1ccc(C(=O)O)cc1C.O=C(O)C(F)(F)F. The van der Waals surface area contributed by atoms with Crippen molar-refractivity contribution in [3.8, 4) is 0 Å². The molecule has 0 radical (unpaired) electrons. The standard InChI is InChI=1S/C9H10O2.C2HF3O2/c1-6-3-4-8(9(10)11)5-7(6)2;3-2(4,5)1(6)7/h3-5H,1-2H3,(H,10,11);(H,6,7). The Kier molecular flexibility index (Phi) is 5.35. The molecule has 0 aliphatic heterocycles. The number of carboxylic acids is 2. The average Bonchev–Trinajstić information content (AvgIpc) is 2.21. The molecule has 0 atom stereocenters. The average molecular weight is 264 g/mol. The van der Waals surface area contributed by atoms with Crippen LogP contribution in [0.5, 0.6) is 0 Å². The maximum Gasteiger partial charge on any atom is 0.490 e. The largest absolute Gasteiger partial charge is 0.490 e. The maximum absolute atomic E-state index is 10.6. The van der Waals surface area contributed by atoms with Crippen molar-refractivity contribution < 1.29 is 33.0 Å². The van der Waals surface area contributed by atoms with Crippen molar-refractivity contribution in [3.05, 3.63) is 34.9 Å². The summed E-state index contributed by atoms with van der Waals surface area (Å²) in [5.41, 5.74) is 2.49. The second kappa shape index (κ2) is 6.04. The van der Waals surface area contributed by atoms with Gasteiger partial charge < -0.3 is 10.2 Å². The van der Waals surface area contributed by atoms with Crippen LogP contribution in [0, 0.1) is 13.8 Å². The molecule has 0 aliphatic rings. The molecule has 0 saturated carbocycles. The van der Waals surface area contributed by atoms with E-state index in [9.17, 15) is 18.0 Å². The third-order valence-corrected chi connectivity index (χ3v) is 2.00. The molecule has 0 unspecified atom stereocenters. The van der Waals surface area contributed by atoms with Gasteiger partial charge in [-0.2, -0.15) is 13.2 Å². The topological polar surface area (TPSA) is 74.6 Å². The lowest BCUT2D eigenvalue weighted by molar-refractivity contribution is -0.192. The summed E-state index contributed by atoms with van der Waals surface area (Å²) in [6.07, 6.45) is -5.08. The third-order valence-electron chi connectivity index (χ3n) is 2.00. The van der Waals surface area contributed by atoms with Gasteiger partial charge in [-0.15, -0.1) is 0 Å². The second-order valence-electron chi connectivity index (χ2n) is 3.41. The summed E-state index contributed by atoms with van der Waals surface area (Å²) in [6, 6.07) is 5.11. The van der Waals surface area contributed by atoms with Crippen LogP contribution in [0.4, 0.5) is 13.2 Å². The quantitative estimate of drug-likeness (QED) is 0.817. The van der Waals surface area contributed by atoms with Gasteiger partial charge in [0.1, 0.15) is 0 Å². The Morgan fingerprint density at radius 1 is 1.06 bits per heavy atom. The minimum Gasteiger partial charge on any atom is -0.478 e. The number of hydrogen-bond donors (Lipinski definition) is 2. The van der Waals surface area contributed by atoms with Crippen molar-refractivity contribution in [3.63, 3.8) is 0 Å². The van der Waals surface area contributed by atoms with Gasteiger partial charge >= 0.3 is 18.1 Å². The fraction of sp³-hybridized carbons (Fsp3) is 0.273. The molecule has 2 N–H and O–H groups in total. The van der Waals surface area contributed by atoms with Crippen molar-refractivity contribution in [2.45, 2.75) is 20.0 Å². The predicted octanol–water partition coefficient (Wildman–Crippen LogP) is 2.63. The van der Waals surface area contributed by atoms with Crippen molar-refractivity contribution in [1.82, 2.24) is 0 Å². The minimum atomic E-state index is -5.08. The molecule has 18 heavy (non-hydrogen) atoms. The number of benzene rings is 1. The Morgan fingerprint density at radius 2 is 1.50 bits per heavy atom. The molecule has 1 aromatic carbocycles. The number of aliphatic carboxylic acids is 1. The van der Waals surface area contributed by atoms with Crippen LogP contribution in [0.25, 0.3) is 0 Å². The second-order valence-corrected chi connectivity index (χ2v) is 3.41. The number of rotatable bonds is 1. The highest BCUT2D eigenvalue weighted by atomic mass is 19.4. The normalized spacial score (nSPS) is 10.3. The zero-order valence-electron chi connectivity index (χ0n) is 9.58. The summed E-state index contributed by atoms with van der Waals surface area (Å²) in [6.45, 7) is 3.86. The molecule has 0 heterocycles. The van der Waals surface area contributed by atoms with Crippen molar-refractivity contribution >= 4 is 11.9 Å². The fourth-order valence-electron chi connectivity index (χ4n) is 0.874. The Morgan fingerprint density at radius 3 is 1.78 bits per heavy atom. The number of carbonyl (C=O) groups is 2. The van der Waals surface area contributed by atoms with Crippen LogP contribution in [0.3, 0.4) is 0 Å². The molecule has 0 aromatic heterocycles. The van der Waals surface area contributed by atoms with E-state index in [1.54, 1.807) is 12.1 Å². The van der Waals surface area contributed by atoms with Crippen LogP contribution in [0.2, 0.25) is 0 Å². The molecule has 0 saturated heterocycles. The van der Waals surface area contributed by atoms with Gasteiger partial charge in [0.15, 0.2) is 0 Å². The highest BCUT2D eigenvalue weighted by Gasteiger charge is 2.38. The smallest absolute Gasteiger partial charge is 0.478 e. The number of alkyl halides is 3. The van der Waals surface area contributed by atoms with Crippen LogP contribution in [-0.4, -0.2) is 28.3 Å². The van der Waals surface area contributed by atoms with E-state index < -0.39 is 18.1 Å². The van der Waals surface area contributed by atoms with Gasteiger partial charge in [0.25, 0.3) is 0 Å². The van der Waals surface area contributed by atoms with E-state index in [0.29, 0.717) is 5.56 Å². The van der Waals surface area contributed by atoms with E-state index in [-0.39, 0.29) is 0 Å². The van der Waals surface area contributed by atoms with Gasteiger partial charge in [-0.3, -0.25) is 0 Å². The van der Waals surface area contributed by atoms with E-state index in [1.165, 1.54) is 0 Å². The highest BCUT2D eigenvalue weighted by Crippen LogP contribution is 2.13. The van der Waals surface area contributed by atoms with E-state index in [1.807, 2.05) is 19.9 Å². The van der Waals surface area contributed by atoms with Gasteiger partial charge in [-0.25, -0.2) is 9.59 Å². The fourth-order valence-corrected chi connectivity index (χ4v) is 0.874. The van der Waals surface area contributed by atoms with E-state index in [2.05, 4.69) is 0 Å². The number of aromatic carboxylic acids is 1. The molecule has 0 fully saturated rings. The lowest BCUT2D eigenvalue weighted by Crippen LogP contribution is -2.21. The van der Waals surface area contributed by atoms with Crippen molar-refractivity contribution in [2.24, 2.45) is 0 Å². The first-order valence-electron chi connectivity index (χ1n) is 4.66. The number of halogens is 3. The first-order chi connectivity index (χ1) is 8.05. The summed E-state index contributed by atoms with van der Waals surface area (Å²) in [5, 5.41) is 15.7. The van der Waals surface area contributed by atoms with Crippen LogP contribution in [-0.2, 0) is 4.79 Å². The Labute approximate surface area is 101 Å². The van der Waals surface area contributed by atoms with E-state index >= 15 is 0 Å². The Bertz CT molecular complexity index is 452. The molecule has 1 aromatic rings. The number of carboxylic acid groups (broad SMARTS) is 2. The molecule has 0 aliphatic carbocycles. The minimum absolute atomic E-state index is 0.355. The van der Waals surface area contributed by atoms with E-state index in [0.717, 1.165) is 11.1 Å². The predicted molar refractivity (Wildman–Crippen MR) is 56.6 cm³/mol. The van der Waals surface area contributed by atoms with Gasteiger partial charge in [0.05, 0.1) is 5.56 Å². The molecule has 0 bridgehead atoms. The van der Waals surface area contributed by atoms with Crippen LogP contribution >= 0.6 is 0 Å². The van der Waals surface area contributed by atoms with Crippen LogP contribution in [0.15, 0.2) is 18.2 Å². The molecular formula is C11H11F3O4. The lowest BCUT2D eigenvalue weighted by Gasteiger charge is -1.99. The van der Waals surface area contributed by atoms with Gasteiger partial charge in [0.2, 0.25) is 0 Å². The zero-order valence-corrected chi connectivity index (χ0v) is 9.58. The van der Waals surface area contributed by atoms with Crippen molar-refractivity contribution in [1.29, 1.82) is 0 Å². The number of hydrogen-bond acceptors (Lipinski definition) is 2. The zero-order chi connectivity index (χ0) is 14.5. The summed E-state index contributed by atoms with van der Waals surface area (Å²) < 4.78 is 31.7. The van der Waals surface area contributed by atoms with Crippen molar-refractivity contribution in [2.75, 3.05) is 0 Å². The lowest BCUT2D eigenvalue weighted by atomic mass is 10.1. The molecule has 0 spiro atoms. The maximum atomic E-state index is 10.6. The molecule has 0 amide bonds. The summed E-state index contributed by atoms with van der Waals surface area (Å²) >= 11 is 0. The summed E-state index contributed by atoms with van der Waals surface area (Å²) in [4.78, 5) is 19.4. The van der Waals surface area contributed by atoms with E-state index in [4.69, 9.17) is 15.0 Å². The van der Waals surface area contributed by atoms with Crippen LogP contribution in [0.1, 0.15) is 21.5 Å². The van der Waals surface area contributed by atoms with Crippen LogP contribution < -0.4 is 0 Å². The Balaban J connectivity index is 0.000000360. The first kappa shape index (κ1) is 16.0.